The third kappa shape index (κ3) is 3.80. The predicted molar refractivity (Wildman–Crippen MR) is 110 cm³/mol. The molecule has 1 aromatic heterocycles. The lowest BCUT2D eigenvalue weighted by atomic mass is 9.91. The highest BCUT2D eigenvalue weighted by Gasteiger charge is 2.49. The summed E-state index contributed by atoms with van der Waals surface area (Å²) in [5.74, 6) is -1.50. The zero-order chi connectivity index (χ0) is 24.2. The molecule has 0 spiro atoms. The first kappa shape index (κ1) is 22.6. The van der Waals surface area contributed by atoms with Crippen LogP contribution in [0.1, 0.15) is 12.5 Å². The number of carbonyl (C=O) groups excluding carboxylic acids is 2. The van der Waals surface area contributed by atoms with Crippen LogP contribution in [0, 0.1) is 5.95 Å². The first-order valence-electron chi connectivity index (χ1n) is 9.46. The van der Waals surface area contributed by atoms with E-state index in [2.05, 4.69) is 10.3 Å². The second-order valence-electron chi connectivity index (χ2n) is 7.64. The average molecular weight is 481 g/mol. The van der Waals surface area contributed by atoms with Crippen molar-refractivity contribution >= 4 is 38.4 Å². The highest BCUT2D eigenvalue weighted by atomic mass is 32.2. The fourth-order valence-corrected chi connectivity index (χ4v) is 4.45. The van der Waals surface area contributed by atoms with Crippen molar-refractivity contribution < 1.29 is 35.6 Å². The molecule has 3 aromatic rings. The van der Waals surface area contributed by atoms with Gasteiger partial charge in [-0.15, -0.1) is 0 Å². The fraction of sp³-hybridized carbons (Fsp3) is 0.190. The molecule has 1 aliphatic rings. The molecule has 33 heavy (non-hydrogen) atoms. The van der Waals surface area contributed by atoms with Gasteiger partial charge in [0.25, 0.3) is 15.7 Å². The van der Waals surface area contributed by atoms with Crippen LogP contribution in [0.25, 0.3) is 10.9 Å². The number of benzene rings is 2. The summed E-state index contributed by atoms with van der Waals surface area (Å²) in [4.78, 5) is 29.2. The van der Waals surface area contributed by atoms with Gasteiger partial charge in [0, 0.05) is 11.8 Å². The second-order valence-corrected chi connectivity index (χ2v) is 9.59. The number of amides is 3. The molecule has 1 N–H and O–H groups in total. The Bertz CT molecular complexity index is 1390. The van der Waals surface area contributed by atoms with Gasteiger partial charge in [-0.3, -0.25) is 4.79 Å². The van der Waals surface area contributed by atoms with Gasteiger partial charge in [0.05, 0.1) is 16.1 Å². The molecule has 2 aromatic carbocycles. The number of rotatable bonds is 4. The molecule has 7 nitrogen and oxygen atoms in total. The van der Waals surface area contributed by atoms with Crippen LogP contribution >= 0.6 is 0 Å². The number of pyridine rings is 1. The van der Waals surface area contributed by atoms with E-state index in [0.29, 0.717) is 33.5 Å². The minimum absolute atomic E-state index is 0.0887. The maximum absolute atomic E-state index is 14.0. The van der Waals surface area contributed by atoms with Crippen molar-refractivity contribution in [3.63, 3.8) is 0 Å². The Balaban J connectivity index is 1.66. The molecular weight excluding hydrogens is 466 g/mol. The first-order valence-corrected chi connectivity index (χ1v) is 10.9. The van der Waals surface area contributed by atoms with E-state index in [1.165, 1.54) is 6.92 Å². The van der Waals surface area contributed by atoms with Crippen molar-refractivity contribution in [3.8, 4) is 0 Å². The van der Waals surface area contributed by atoms with E-state index < -0.39 is 43.7 Å². The van der Waals surface area contributed by atoms with Gasteiger partial charge >= 0.3 is 11.5 Å². The third-order valence-electron chi connectivity index (χ3n) is 5.29. The SMILES string of the molecule is CC1(Cc2cc(F)nc3ccccc23)NC(=O)N(c2ccc(S(=O)(=O)C(F)(F)F)cc2)C1=O. The molecule has 1 unspecified atom stereocenters. The summed E-state index contributed by atoms with van der Waals surface area (Å²) >= 11 is 0. The Hall–Kier alpha value is -3.54. The van der Waals surface area contributed by atoms with Gasteiger partial charge in [-0.05, 0) is 48.9 Å². The Morgan fingerprint density at radius 2 is 1.70 bits per heavy atom. The number of aromatic nitrogens is 1. The van der Waals surface area contributed by atoms with Crippen molar-refractivity contribution in [3.05, 3.63) is 66.1 Å². The summed E-state index contributed by atoms with van der Waals surface area (Å²) in [6, 6.07) is 10.2. The Morgan fingerprint density at radius 1 is 1.06 bits per heavy atom. The van der Waals surface area contributed by atoms with Crippen molar-refractivity contribution in [1.29, 1.82) is 0 Å². The zero-order valence-electron chi connectivity index (χ0n) is 16.9. The minimum Gasteiger partial charge on any atom is -0.323 e. The molecule has 172 valence electrons. The molecule has 4 rings (SSSR count). The summed E-state index contributed by atoms with van der Waals surface area (Å²) in [5, 5.41) is 3.11. The molecule has 0 aliphatic carbocycles. The molecule has 2 heterocycles. The van der Waals surface area contributed by atoms with Gasteiger partial charge in [0.15, 0.2) is 0 Å². The fourth-order valence-electron chi connectivity index (χ4n) is 3.69. The minimum atomic E-state index is -5.58. The van der Waals surface area contributed by atoms with Crippen LogP contribution in [-0.4, -0.2) is 36.4 Å². The smallest absolute Gasteiger partial charge is 0.323 e. The summed E-state index contributed by atoms with van der Waals surface area (Å²) in [6.07, 6.45) is -0.0887. The van der Waals surface area contributed by atoms with Crippen LogP contribution in [0.5, 0.6) is 0 Å². The van der Waals surface area contributed by atoms with Crippen LogP contribution < -0.4 is 10.2 Å². The van der Waals surface area contributed by atoms with Crippen LogP contribution in [0.4, 0.5) is 28.0 Å². The number of nitrogens with zero attached hydrogens (tertiary/aromatic N) is 2. The normalized spacial score (nSPS) is 19.2. The van der Waals surface area contributed by atoms with Crippen molar-refractivity contribution in [1.82, 2.24) is 10.3 Å². The number of carbonyl (C=O) groups is 2. The lowest BCUT2D eigenvalue weighted by molar-refractivity contribution is -0.121. The molecule has 0 radical (unpaired) electrons. The maximum Gasteiger partial charge on any atom is 0.501 e. The van der Waals surface area contributed by atoms with Crippen LogP contribution in [-0.2, 0) is 21.1 Å². The summed E-state index contributed by atoms with van der Waals surface area (Å²) < 4.78 is 75.3. The van der Waals surface area contributed by atoms with E-state index in [9.17, 15) is 35.6 Å². The Labute approximate surface area is 184 Å². The van der Waals surface area contributed by atoms with E-state index in [0.717, 1.165) is 18.2 Å². The number of imide groups is 1. The maximum atomic E-state index is 14.0. The summed E-state index contributed by atoms with van der Waals surface area (Å²) in [5.41, 5.74) is -6.32. The molecule has 1 saturated heterocycles. The van der Waals surface area contributed by atoms with Gasteiger partial charge in [-0.2, -0.15) is 17.6 Å². The molecule has 1 aliphatic heterocycles. The number of anilines is 1. The molecule has 12 heteroatoms. The quantitative estimate of drug-likeness (QED) is 0.348. The first-order chi connectivity index (χ1) is 15.3. The number of halogens is 4. The standard InChI is InChI=1S/C21H15F4N3O4S/c1-20(11-12-10-17(22)26-16-5-3-2-4-15(12)16)18(29)28(19(30)27-20)13-6-8-14(9-7-13)33(31,32)21(23,24)25/h2-10H,11H2,1H3,(H,27,30). The average Bonchev–Trinajstić information content (AvgIpc) is 2.95. The number of hydrogen-bond donors (Lipinski definition) is 1. The van der Waals surface area contributed by atoms with Crippen LogP contribution in [0.2, 0.25) is 0 Å². The Morgan fingerprint density at radius 3 is 2.33 bits per heavy atom. The third-order valence-corrected chi connectivity index (χ3v) is 6.79. The van der Waals surface area contributed by atoms with Gasteiger partial charge in [0.2, 0.25) is 5.95 Å². The number of nitrogens with one attached hydrogen (secondary N) is 1. The second kappa shape index (κ2) is 7.51. The van der Waals surface area contributed by atoms with Gasteiger partial charge < -0.3 is 5.32 Å². The van der Waals surface area contributed by atoms with E-state index in [1.807, 2.05) is 0 Å². The molecule has 1 fully saturated rings. The van der Waals surface area contributed by atoms with Gasteiger partial charge in [-0.1, -0.05) is 18.2 Å². The zero-order valence-corrected chi connectivity index (χ0v) is 17.7. The Kier molecular flexibility index (Phi) is 5.15. The molecule has 0 bridgehead atoms. The number of urea groups is 1. The lowest BCUT2D eigenvalue weighted by Gasteiger charge is -2.22. The number of fused-ring (bicyclic) bond motifs is 1. The van der Waals surface area contributed by atoms with Crippen molar-refractivity contribution in [2.24, 2.45) is 0 Å². The number of alkyl halides is 3. The van der Waals surface area contributed by atoms with E-state index in [-0.39, 0.29) is 12.1 Å². The summed E-state index contributed by atoms with van der Waals surface area (Å²) in [6.45, 7) is 1.43. The van der Waals surface area contributed by atoms with Gasteiger partial charge in [0.1, 0.15) is 5.54 Å². The van der Waals surface area contributed by atoms with E-state index in [1.54, 1.807) is 24.3 Å². The molecule has 1 atom stereocenters. The highest BCUT2D eigenvalue weighted by molar-refractivity contribution is 7.92. The molecule has 0 saturated carbocycles. The summed E-state index contributed by atoms with van der Waals surface area (Å²) in [7, 11) is -5.58. The van der Waals surface area contributed by atoms with E-state index >= 15 is 0 Å². The van der Waals surface area contributed by atoms with Crippen molar-refractivity contribution in [2.45, 2.75) is 29.3 Å². The van der Waals surface area contributed by atoms with Gasteiger partial charge in [-0.25, -0.2) is 23.1 Å². The largest absolute Gasteiger partial charge is 0.501 e. The van der Waals surface area contributed by atoms with E-state index in [4.69, 9.17) is 0 Å². The topological polar surface area (TPSA) is 96.4 Å². The monoisotopic (exact) mass is 481 g/mol. The molecule has 3 amide bonds. The molecular formula is C21H15F4N3O4S. The highest BCUT2D eigenvalue weighted by Crippen LogP contribution is 2.33. The number of hydrogen-bond acceptors (Lipinski definition) is 5. The number of sulfone groups is 1. The lowest BCUT2D eigenvalue weighted by Crippen LogP contribution is -2.46. The van der Waals surface area contributed by atoms with Crippen LogP contribution in [0.15, 0.2) is 59.5 Å². The van der Waals surface area contributed by atoms with Crippen molar-refractivity contribution in [2.75, 3.05) is 4.90 Å². The number of para-hydroxylation sites is 1. The van der Waals surface area contributed by atoms with Crippen LogP contribution in [0.3, 0.4) is 0 Å². The predicted octanol–water partition coefficient (Wildman–Crippen LogP) is 3.73.